The van der Waals surface area contributed by atoms with E-state index in [9.17, 15) is 9.59 Å². The topological polar surface area (TPSA) is 72.2 Å². The highest BCUT2D eigenvalue weighted by Crippen LogP contribution is 2.05. The molecule has 0 heterocycles. The van der Waals surface area contributed by atoms with E-state index in [0.29, 0.717) is 18.5 Å². The fourth-order valence-corrected chi connectivity index (χ4v) is 1.85. The Kier molecular flexibility index (Phi) is 7.32. The molecule has 4 nitrogen and oxygen atoms in total. The summed E-state index contributed by atoms with van der Waals surface area (Å²) in [5, 5.41) is 2.90. The van der Waals surface area contributed by atoms with Gasteiger partial charge in [-0.25, -0.2) is 0 Å². The molecule has 1 aromatic rings. The monoisotopic (exact) mass is 262 g/mol. The predicted octanol–water partition coefficient (Wildman–Crippen LogP) is 2.24. The lowest BCUT2D eigenvalue weighted by atomic mass is 10.1. The highest BCUT2D eigenvalue weighted by Gasteiger charge is 2.02. The Bertz CT molecular complexity index is 390. The summed E-state index contributed by atoms with van der Waals surface area (Å²) in [5.74, 6) is -0.246. The number of carbonyl (C=O) groups excluding carboxylic acids is 2. The van der Waals surface area contributed by atoms with E-state index in [-0.39, 0.29) is 11.8 Å². The van der Waals surface area contributed by atoms with Crippen molar-refractivity contribution in [3.8, 4) is 0 Å². The molecular formula is C15H22N2O2. The highest BCUT2D eigenvalue weighted by molar-refractivity contribution is 5.94. The molecule has 0 radical (unpaired) electrons. The van der Waals surface area contributed by atoms with Crippen molar-refractivity contribution in [2.24, 2.45) is 5.73 Å². The van der Waals surface area contributed by atoms with E-state index in [1.54, 1.807) is 12.1 Å². The van der Waals surface area contributed by atoms with Gasteiger partial charge in [-0.05, 0) is 25.0 Å². The second-order valence-electron chi connectivity index (χ2n) is 4.61. The second-order valence-corrected chi connectivity index (χ2v) is 4.61. The molecule has 19 heavy (non-hydrogen) atoms. The number of unbranched alkanes of at least 4 members (excludes halogenated alkanes) is 4. The number of carbonyl (C=O) groups is 2. The normalized spacial score (nSPS) is 10.1. The first kappa shape index (κ1) is 15.2. The van der Waals surface area contributed by atoms with Gasteiger partial charge in [0.25, 0.3) is 5.91 Å². The van der Waals surface area contributed by atoms with Gasteiger partial charge >= 0.3 is 0 Å². The summed E-state index contributed by atoms with van der Waals surface area (Å²) >= 11 is 0. The summed E-state index contributed by atoms with van der Waals surface area (Å²) in [7, 11) is 0. The van der Waals surface area contributed by atoms with Crippen LogP contribution in [-0.2, 0) is 4.79 Å². The van der Waals surface area contributed by atoms with E-state index in [1.807, 2.05) is 18.2 Å². The molecule has 0 aliphatic heterocycles. The standard InChI is InChI=1S/C15H22N2O2/c16-14(18)11-7-2-1-3-8-12-17-15(19)13-9-5-4-6-10-13/h4-6,9-10H,1-3,7-8,11-12H2,(H2,16,18)(H,17,19). The van der Waals surface area contributed by atoms with Crippen LogP contribution in [0.3, 0.4) is 0 Å². The van der Waals surface area contributed by atoms with Gasteiger partial charge < -0.3 is 11.1 Å². The Labute approximate surface area is 114 Å². The van der Waals surface area contributed by atoms with E-state index in [1.165, 1.54) is 0 Å². The van der Waals surface area contributed by atoms with Crippen LogP contribution in [0, 0.1) is 0 Å². The van der Waals surface area contributed by atoms with E-state index in [4.69, 9.17) is 5.73 Å². The summed E-state index contributed by atoms with van der Waals surface area (Å²) in [6.45, 7) is 0.698. The summed E-state index contributed by atoms with van der Waals surface area (Å²) in [5.41, 5.74) is 5.76. The van der Waals surface area contributed by atoms with Crippen LogP contribution in [0.25, 0.3) is 0 Å². The van der Waals surface area contributed by atoms with Gasteiger partial charge in [0.15, 0.2) is 0 Å². The Balaban J connectivity index is 1.99. The molecule has 0 saturated carbocycles. The van der Waals surface area contributed by atoms with Crippen LogP contribution in [0.2, 0.25) is 0 Å². The van der Waals surface area contributed by atoms with E-state index < -0.39 is 0 Å². The first-order valence-electron chi connectivity index (χ1n) is 6.81. The third-order valence-electron chi connectivity index (χ3n) is 2.92. The van der Waals surface area contributed by atoms with E-state index in [0.717, 1.165) is 32.1 Å². The van der Waals surface area contributed by atoms with E-state index >= 15 is 0 Å². The summed E-state index contributed by atoms with van der Waals surface area (Å²) in [6.07, 6.45) is 5.48. The zero-order valence-corrected chi connectivity index (χ0v) is 11.2. The highest BCUT2D eigenvalue weighted by atomic mass is 16.1. The predicted molar refractivity (Wildman–Crippen MR) is 75.7 cm³/mol. The number of hydrogen-bond acceptors (Lipinski definition) is 2. The molecule has 3 N–H and O–H groups in total. The summed E-state index contributed by atoms with van der Waals surface area (Å²) in [6, 6.07) is 9.21. The average Bonchev–Trinajstić information content (AvgIpc) is 2.42. The van der Waals surface area contributed by atoms with E-state index in [2.05, 4.69) is 5.32 Å². The quantitative estimate of drug-likeness (QED) is 0.670. The minimum absolute atomic E-state index is 0.0191. The molecule has 1 rings (SSSR count). The van der Waals surface area contributed by atoms with Crippen LogP contribution in [0.1, 0.15) is 48.9 Å². The number of benzene rings is 1. The molecule has 0 fully saturated rings. The zero-order chi connectivity index (χ0) is 13.9. The van der Waals surface area contributed by atoms with Crippen molar-refractivity contribution in [3.05, 3.63) is 35.9 Å². The molecule has 0 aliphatic carbocycles. The third-order valence-corrected chi connectivity index (χ3v) is 2.92. The van der Waals surface area contributed by atoms with Crippen molar-refractivity contribution < 1.29 is 9.59 Å². The van der Waals surface area contributed by atoms with Gasteiger partial charge in [-0.15, -0.1) is 0 Å². The molecule has 0 spiro atoms. The van der Waals surface area contributed by atoms with Gasteiger partial charge in [-0.2, -0.15) is 0 Å². The molecule has 0 aliphatic rings. The smallest absolute Gasteiger partial charge is 0.251 e. The minimum atomic E-state index is -0.227. The first-order chi connectivity index (χ1) is 9.20. The number of primary amides is 1. The van der Waals surface area contributed by atoms with Gasteiger partial charge in [0, 0.05) is 18.5 Å². The number of amides is 2. The lowest BCUT2D eigenvalue weighted by Gasteiger charge is -2.05. The Hall–Kier alpha value is -1.84. The number of nitrogens with two attached hydrogens (primary N) is 1. The van der Waals surface area contributed by atoms with Crippen molar-refractivity contribution in [1.29, 1.82) is 0 Å². The van der Waals surface area contributed by atoms with Gasteiger partial charge in [0.05, 0.1) is 0 Å². The Morgan fingerprint density at radius 3 is 2.26 bits per heavy atom. The fraction of sp³-hybridized carbons (Fsp3) is 0.467. The molecule has 2 amide bonds. The second kappa shape index (κ2) is 9.14. The Morgan fingerprint density at radius 2 is 1.58 bits per heavy atom. The molecule has 104 valence electrons. The first-order valence-corrected chi connectivity index (χ1v) is 6.81. The third kappa shape index (κ3) is 7.24. The summed E-state index contributed by atoms with van der Waals surface area (Å²) < 4.78 is 0. The largest absolute Gasteiger partial charge is 0.370 e. The molecule has 0 saturated heterocycles. The molecular weight excluding hydrogens is 240 g/mol. The average molecular weight is 262 g/mol. The lowest BCUT2D eigenvalue weighted by molar-refractivity contribution is -0.118. The van der Waals surface area contributed by atoms with Crippen molar-refractivity contribution in [3.63, 3.8) is 0 Å². The molecule has 0 unspecified atom stereocenters. The SMILES string of the molecule is NC(=O)CCCCCCCNC(=O)c1ccccc1. The molecule has 0 aromatic heterocycles. The zero-order valence-electron chi connectivity index (χ0n) is 11.2. The maximum atomic E-state index is 11.7. The number of hydrogen-bond donors (Lipinski definition) is 2. The van der Waals surface area contributed by atoms with Crippen molar-refractivity contribution in [2.45, 2.75) is 38.5 Å². The van der Waals surface area contributed by atoms with Gasteiger partial charge in [-0.1, -0.05) is 37.5 Å². The number of nitrogens with one attached hydrogen (secondary N) is 1. The van der Waals surface area contributed by atoms with Crippen LogP contribution in [0.4, 0.5) is 0 Å². The minimum Gasteiger partial charge on any atom is -0.370 e. The summed E-state index contributed by atoms with van der Waals surface area (Å²) in [4.78, 5) is 22.2. The molecule has 0 bridgehead atoms. The molecule has 4 heteroatoms. The number of rotatable bonds is 9. The maximum absolute atomic E-state index is 11.7. The van der Waals surface area contributed by atoms with Crippen molar-refractivity contribution in [1.82, 2.24) is 5.32 Å². The van der Waals surface area contributed by atoms with Crippen molar-refractivity contribution >= 4 is 11.8 Å². The Morgan fingerprint density at radius 1 is 0.947 bits per heavy atom. The molecule has 1 aromatic carbocycles. The van der Waals surface area contributed by atoms with Crippen LogP contribution < -0.4 is 11.1 Å². The van der Waals surface area contributed by atoms with Gasteiger partial charge in [0.1, 0.15) is 0 Å². The van der Waals surface area contributed by atoms with Gasteiger partial charge in [-0.3, -0.25) is 9.59 Å². The maximum Gasteiger partial charge on any atom is 0.251 e. The van der Waals surface area contributed by atoms with Crippen LogP contribution in [0.5, 0.6) is 0 Å². The fourth-order valence-electron chi connectivity index (χ4n) is 1.85. The molecule has 0 atom stereocenters. The van der Waals surface area contributed by atoms with Crippen LogP contribution in [-0.4, -0.2) is 18.4 Å². The van der Waals surface area contributed by atoms with Crippen molar-refractivity contribution in [2.75, 3.05) is 6.54 Å². The lowest BCUT2D eigenvalue weighted by Crippen LogP contribution is -2.24. The van der Waals surface area contributed by atoms with Gasteiger partial charge in [0.2, 0.25) is 5.91 Å². The van der Waals surface area contributed by atoms with Crippen LogP contribution in [0.15, 0.2) is 30.3 Å². The van der Waals surface area contributed by atoms with Crippen LogP contribution >= 0.6 is 0 Å².